The second-order valence-electron chi connectivity index (χ2n) is 8.89. The summed E-state index contributed by atoms with van der Waals surface area (Å²) in [6.45, 7) is 1.14. The highest BCUT2D eigenvalue weighted by molar-refractivity contribution is 5.71. The molecule has 48 heavy (non-hydrogen) atoms. The van der Waals surface area contributed by atoms with Gasteiger partial charge in [0.2, 0.25) is 0 Å². The number of hydrogen-bond donors (Lipinski definition) is 0. The maximum Gasteiger partial charge on any atom is 0.430 e. The van der Waals surface area contributed by atoms with E-state index in [9.17, 15) is 46.1 Å². The maximum atomic E-state index is 10.5. The molecule has 4 rings (SSSR count). The van der Waals surface area contributed by atoms with Crippen LogP contribution in [0.4, 0.5) is 26.3 Å². The largest absolute Gasteiger partial charge is 0.550 e. The average molecular weight is 687 g/mol. The van der Waals surface area contributed by atoms with Crippen molar-refractivity contribution in [1.82, 2.24) is 9.97 Å². The lowest BCUT2D eigenvalue weighted by Gasteiger charge is -2.03. The standard InChI is InChI=1S/2C12H11N3O2.2C2HF3O2/c2*16-12(17)7-10-3-1-6-15(8-10)9-11-13-4-2-5-14-11;2*3-2(4,5)1(6)7/h2*1-6,8H,7,9H2;2*(H,6,7). The van der Waals surface area contributed by atoms with Gasteiger partial charge in [-0.3, -0.25) is 0 Å². The van der Waals surface area contributed by atoms with Crippen LogP contribution in [-0.4, -0.2) is 46.2 Å². The van der Waals surface area contributed by atoms with Crippen molar-refractivity contribution in [1.29, 1.82) is 0 Å². The van der Waals surface area contributed by atoms with Gasteiger partial charge in [0.1, 0.15) is 24.3 Å². The van der Waals surface area contributed by atoms with Gasteiger partial charge < -0.3 is 39.6 Å². The zero-order chi connectivity index (χ0) is 36.3. The normalized spacial score (nSPS) is 10.5. The number of carboxylic acids is 4. The quantitative estimate of drug-likeness (QED) is 0.128. The van der Waals surface area contributed by atoms with Gasteiger partial charge in [-0.15, -0.1) is 0 Å². The number of aliphatic carboxylic acids is 4. The van der Waals surface area contributed by atoms with E-state index in [1.54, 1.807) is 73.6 Å². The first kappa shape index (κ1) is 39.9. The summed E-state index contributed by atoms with van der Waals surface area (Å²) in [7, 11) is 0. The van der Waals surface area contributed by atoms with Gasteiger partial charge in [-0.25, -0.2) is 9.97 Å². The van der Waals surface area contributed by atoms with Crippen LogP contribution in [0.25, 0.3) is 0 Å². The minimum absolute atomic E-state index is 0.0766. The summed E-state index contributed by atoms with van der Waals surface area (Å²) in [4.78, 5) is 52.9. The van der Waals surface area contributed by atoms with Crippen LogP contribution in [0.15, 0.2) is 86.0 Å². The van der Waals surface area contributed by atoms with Gasteiger partial charge in [0.25, 0.3) is 13.1 Å². The Morgan fingerprint density at radius 1 is 0.625 bits per heavy atom. The van der Waals surface area contributed by atoms with Crippen LogP contribution in [0, 0.1) is 0 Å². The Balaban J connectivity index is 0.000000349. The highest BCUT2D eigenvalue weighted by atomic mass is 19.4. The third-order valence-electron chi connectivity index (χ3n) is 4.99. The molecular formula is C28H24F6N6O8. The molecule has 4 heterocycles. The van der Waals surface area contributed by atoms with Gasteiger partial charge in [-0.2, -0.15) is 35.5 Å². The first-order valence-corrected chi connectivity index (χ1v) is 12.9. The van der Waals surface area contributed by atoms with Crippen molar-refractivity contribution in [2.24, 2.45) is 0 Å². The van der Waals surface area contributed by atoms with E-state index in [0.717, 1.165) is 11.6 Å². The van der Waals surface area contributed by atoms with E-state index in [0.29, 0.717) is 24.2 Å². The molecule has 0 aromatic carbocycles. The van der Waals surface area contributed by atoms with Crippen molar-refractivity contribution in [3.8, 4) is 0 Å². The Labute approximate surface area is 266 Å². The number of aromatic nitrogens is 6. The smallest absolute Gasteiger partial charge is 0.430 e. The van der Waals surface area contributed by atoms with Gasteiger partial charge in [-0.05, 0) is 22.1 Å². The zero-order valence-electron chi connectivity index (χ0n) is 24.2. The molecule has 0 aliphatic carbocycles. The van der Waals surface area contributed by atoms with Gasteiger partial charge >= 0.3 is 24.0 Å². The molecule has 0 amide bonds. The highest BCUT2D eigenvalue weighted by Crippen LogP contribution is 2.12. The summed E-state index contributed by atoms with van der Waals surface area (Å²) in [5, 5.41) is 38.6. The first-order chi connectivity index (χ1) is 22.4. The van der Waals surface area contributed by atoms with Crippen molar-refractivity contribution >= 4 is 23.9 Å². The number of pyridine rings is 2. The summed E-state index contributed by atoms with van der Waals surface area (Å²) >= 11 is 0. The number of carboxylic acid groups (broad SMARTS) is 4. The lowest BCUT2D eigenvalue weighted by atomic mass is 10.2. The first-order valence-electron chi connectivity index (χ1n) is 12.9. The lowest BCUT2D eigenvalue weighted by molar-refractivity contribution is -0.700. The maximum absolute atomic E-state index is 10.5. The van der Waals surface area contributed by atoms with Crippen LogP contribution in [0.2, 0.25) is 0 Å². The van der Waals surface area contributed by atoms with E-state index in [1.807, 2.05) is 21.5 Å². The summed E-state index contributed by atoms with van der Waals surface area (Å²) in [5.41, 5.74) is 1.42. The molecule has 0 spiro atoms. The van der Waals surface area contributed by atoms with Gasteiger partial charge in [0.15, 0.2) is 24.8 Å². The molecule has 0 aliphatic rings. The van der Waals surface area contributed by atoms with Crippen molar-refractivity contribution in [2.75, 3.05) is 0 Å². The Bertz CT molecular complexity index is 1510. The number of H-pyrrole nitrogens is 2. The summed E-state index contributed by atoms with van der Waals surface area (Å²) in [6.07, 6.45) is 3.75. The SMILES string of the molecule is O=C([O-])C(F)(F)F.O=C([O-])C(F)(F)F.O=C([O-])Cc1ccc[n+](Cc2nccc[nH+]2)c1.O=C([O-])Cc1ccc[n+](Cc2nccc[nH+]2)c1. The van der Waals surface area contributed by atoms with Crippen molar-refractivity contribution < 1.29 is 85.0 Å². The fraction of sp³-hybridized carbons (Fsp3) is 0.214. The van der Waals surface area contributed by atoms with Crippen LogP contribution in [0.5, 0.6) is 0 Å². The van der Waals surface area contributed by atoms with E-state index in [2.05, 4.69) is 19.9 Å². The number of alkyl halides is 6. The van der Waals surface area contributed by atoms with Crippen LogP contribution in [0.3, 0.4) is 0 Å². The number of halogens is 6. The molecular weight excluding hydrogens is 662 g/mol. The van der Waals surface area contributed by atoms with Gasteiger partial charge in [-0.1, -0.05) is 0 Å². The number of hydrogen-bond acceptors (Lipinski definition) is 10. The summed E-state index contributed by atoms with van der Waals surface area (Å²) in [5.74, 6) is -6.55. The number of carbonyl (C=O) groups is 4. The highest BCUT2D eigenvalue weighted by Gasteiger charge is 2.29. The number of rotatable bonds is 8. The molecule has 0 saturated carbocycles. The number of carbonyl (C=O) groups excluding carboxylic acids is 4. The molecule has 2 N–H and O–H groups in total. The topological polar surface area (TPSA) is 222 Å². The summed E-state index contributed by atoms with van der Waals surface area (Å²) < 4.78 is 66.8. The van der Waals surface area contributed by atoms with E-state index < -0.39 is 36.2 Å². The van der Waals surface area contributed by atoms with E-state index in [4.69, 9.17) is 19.8 Å². The second-order valence-corrected chi connectivity index (χ2v) is 8.89. The Hall–Kier alpha value is -6.08. The fourth-order valence-corrected chi connectivity index (χ4v) is 3.13. The Morgan fingerprint density at radius 3 is 1.21 bits per heavy atom. The average Bonchev–Trinajstić information content (AvgIpc) is 2.98. The van der Waals surface area contributed by atoms with Crippen LogP contribution >= 0.6 is 0 Å². The summed E-state index contributed by atoms with van der Waals surface area (Å²) in [6, 6.07) is 10.7. The van der Waals surface area contributed by atoms with Crippen LogP contribution in [-0.2, 0) is 45.1 Å². The molecule has 0 fully saturated rings. The third kappa shape index (κ3) is 18.0. The molecule has 4 aromatic rings. The number of nitrogens with zero attached hydrogens (tertiary/aromatic N) is 4. The number of nitrogens with one attached hydrogen (secondary N) is 2. The fourth-order valence-electron chi connectivity index (χ4n) is 3.13. The molecule has 20 heteroatoms. The molecule has 0 unspecified atom stereocenters. The molecule has 0 atom stereocenters. The Kier molecular flexibility index (Phi) is 16.2. The number of aromatic amines is 2. The molecule has 0 saturated heterocycles. The molecule has 4 aromatic heterocycles. The van der Waals surface area contributed by atoms with Crippen LogP contribution in [0.1, 0.15) is 22.8 Å². The predicted octanol–water partition coefficient (Wildman–Crippen LogP) is -4.35. The minimum atomic E-state index is -5.19. The van der Waals surface area contributed by atoms with E-state index in [1.165, 1.54) is 0 Å². The van der Waals surface area contributed by atoms with Crippen molar-refractivity contribution in [2.45, 2.75) is 38.3 Å². The molecule has 0 radical (unpaired) electrons. The lowest BCUT2D eigenvalue weighted by Crippen LogP contribution is -2.38. The van der Waals surface area contributed by atoms with E-state index >= 15 is 0 Å². The molecule has 256 valence electrons. The molecule has 14 nitrogen and oxygen atoms in total. The molecule has 0 bridgehead atoms. The van der Waals surface area contributed by atoms with Gasteiger partial charge in [0.05, 0.1) is 12.4 Å². The monoisotopic (exact) mass is 686 g/mol. The predicted molar refractivity (Wildman–Crippen MR) is 133 cm³/mol. The van der Waals surface area contributed by atoms with Crippen LogP contribution < -0.4 is 39.5 Å². The van der Waals surface area contributed by atoms with Gasteiger partial charge in [0, 0.05) is 60.2 Å². The Morgan fingerprint density at radius 2 is 0.958 bits per heavy atom. The molecule has 0 aliphatic heterocycles. The minimum Gasteiger partial charge on any atom is -0.550 e. The van der Waals surface area contributed by atoms with Crippen molar-refractivity contribution in [3.63, 3.8) is 0 Å². The van der Waals surface area contributed by atoms with E-state index in [-0.39, 0.29) is 12.8 Å². The zero-order valence-corrected chi connectivity index (χ0v) is 24.2. The van der Waals surface area contributed by atoms with Crippen molar-refractivity contribution in [3.05, 3.63) is 109 Å². The second kappa shape index (κ2) is 19.4. The third-order valence-corrected chi connectivity index (χ3v) is 4.99.